The highest BCUT2D eigenvalue weighted by atomic mass is 79.9. The first-order valence-electron chi connectivity index (χ1n) is 4.49. The van der Waals surface area contributed by atoms with Crippen LogP contribution in [-0.2, 0) is 0 Å². The van der Waals surface area contributed by atoms with Crippen molar-refractivity contribution in [2.45, 2.75) is 0 Å². The number of benzene rings is 1. The minimum atomic E-state index is -1.46. The molecule has 1 aromatic rings. The molecule has 18 heavy (non-hydrogen) atoms. The lowest BCUT2D eigenvalue weighted by atomic mass is 10.1. The molecule has 5 nitrogen and oxygen atoms in total. The van der Waals surface area contributed by atoms with E-state index >= 15 is 0 Å². The van der Waals surface area contributed by atoms with Gasteiger partial charge in [0.1, 0.15) is 23.3 Å². The molecule has 0 atom stereocenters. The molecule has 0 aliphatic rings. The Hall–Kier alpha value is -2.38. The summed E-state index contributed by atoms with van der Waals surface area (Å²) in [6.07, 6.45) is 1.01. The third-order valence-corrected chi connectivity index (χ3v) is 2.53. The molecule has 0 saturated carbocycles. The van der Waals surface area contributed by atoms with Crippen LogP contribution in [0.2, 0.25) is 0 Å². The van der Waals surface area contributed by atoms with Gasteiger partial charge in [-0.05, 0) is 28.1 Å². The molecule has 0 saturated heterocycles. The van der Waals surface area contributed by atoms with E-state index in [0.29, 0.717) is 0 Å². The summed E-state index contributed by atoms with van der Waals surface area (Å²) in [6, 6.07) is 5.80. The van der Waals surface area contributed by atoms with E-state index < -0.39 is 17.3 Å². The predicted molar refractivity (Wildman–Crippen MR) is 64.0 cm³/mol. The normalized spacial score (nSPS) is 8.89. The highest BCUT2D eigenvalue weighted by Gasteiger charge is 2.18. The second-order valence-corrected chi connectivity index (χ2v) is 3.87. The van der Waals surface area contributed by atoms with Crippen LogP contribution < -0.4 is 5.32 Å². The third-order valence-electron chi connectivity index (χ3n) is 1.92. The standard InChI is InChI=1S/C11H5BrFN3O2/c12-7-1-2-8(9(10(7)13)11(17)18)16-5-6(3-14)4-15/h1-2,5,16H,(H,17,18). The van der Waals surface area contributed by atoms with Crippen molar-refractivity contribution in [3.63, 3.8) is 0 Å². The van der Waals surface area contributed by atoms with Gasteiger partial charge in [0, 0.05) is 6.20 Å². The molecule has 0 heterocycles. The summed E-state index contributed by atoms with van der Waals surface area (Å²) in [5.41, 5.74) is -0.878. The summed E-state index contributed by atoms with van der Waals surface area (Å²) in [5.74, 6) is -2.39. The summed E-state index contributed by atoms with van der Waals surface area (Å²) in [6.45, 7) is 0. The van der Waals surface area contributed by atoms with Gasteiger partial charge in [0.15, 0.2) is 5.82 Å². The number of carboxylic acid groups (broad SMARTS) is 1. The largest absolute Gasteiger partial charge is 0.478 e. The lowest BCUT2D eigenvalue weighted by Crippen LogP contribution is -2.06. The smallest absolute Gasteiger partial charge is 0.340 e. The second-order valence-electron chi connectivity index (χ2n) is 3.02. The molecular formula is C11H5BrFN3O2. The molecule has 0 unspecified atom stereocenters. The zero-order valence-electron chi connectivity index (χ0n) is 8.74. The van der Waals surface area contributed by atoms with Crippen LogP contribution in [0, 0.1) is 28.5 Å². The molecule has 0 amide bonds. The van der Waals surface area contributed by atoms with E-state index in [1.54, 1.807) is 12.1 Å². The van der Waals surface area contributed by atoms with E-state index in [2.05, 4.69) is 21.2 Å². The fourth-order valence-corrected chi connectivity index (χ4v) is 1.45. The first kappa shape index (κ1) is 13.7. The number of anilines is 1. The number of nitrogens with zero attached hydrogens (tertiary/aromatic N) is 2. The van der Waals surface area contributed by atoms with E-state index in [0.717, 1.165) is 6.20 Å². The van der Waals surface area contributed by atoms with Crippen molar-refractivity contribution in [2.24, 2.45) is 0 Å². The van der Waals surface area contributed by atoms with Gasteiger partial charge in [-0.3, -0.25) is 0 Å². The third kappa shape index (κ3) is 2.84. The molecule has 0 bridgehead atoms. The van der Waals surface area contributed by atoms with Gasteiger partial charge in [0.25, 0.3) is 0 Å². The topological polar surface area (TPSA) is 96.9 Å². The molecule has 0 radical (unpaired) electrons. The van der Waals surface area contributed by atoms with Crippen LogP contribution >= 0.6 is 15.9 Å². The zero-order chi connectivity index (χ0) is 13.7. The molecule has 1 aromatic carbocycles. The number of hydrogen-bond donors (Lipinski definition) is 2. The van der Waals surface area contributed by atoms with Gasteiger partial charge in [-0.2, -0.15) is 10.5 Å². The molecule has 2 N–H and O–H groups in total. The van der Waals surface area contributed by atoms with Gasteiger partial charge < -0.3 is 10.4 Å². The summed E-state index contributed by atoms with van der Waals surface area (Å²) in [4.78, 5) is 10.9. The maximum atomic E-state index is 13.6. The van der Waals surface area contributed by atoms with Gasteiger partial charge in [-0.15, -0.1) is 0 Å². The number of carboxylic acids is 1. The van der Waals surface area contributed by atoms with Crippen LogP contribution in [0.5, 0.6) is 0 Å². The first-order chi connectivity index (χ1) is 8.51. The Balaban J connectivity index is 3.24. The molecule has 7 heteroatoms. The van der Waals surface area contributed by atoms with Crippen LogP contribution in [-0.4, -0.2) is 11.1 Å². The monoisotopic (exact) mass is 309 g/mol. The molecule has 0 spiro atoms. The Morgan fingerprint density at radius 1 is 1.44 bits per heavy atom. The van der Waals surface area contributed by atoms with Gasteiger partial charge in [0.05, 0.1) is 10.2 Å². The van der Waals surface area contributed by atoms with Crippen LogP contribution in [0.25, 0.3) is 0 Å². The number of hydrogen-bond acceptors (Lipinski definition) is 4. The molecule has 90 valence electrons. The van der Waals surface area contributed by atoms with Crippen molar-refractivity contribution in [3.8, 4) is 12.1 Å². The average Bonchev–Trinajstić information content (AvgIpc) is 2.34. The summed E-state index contributed by atoms with van der Waals surface area (Å²) >= 11 is 2.87. The predicted octanol–water partition coefficient (Wildman–Crippen LogP) is 2.63. The van der Waals surface area contributed by atoms with Crippen molar-refractivity contribution < 1.29 is 14.3 Å². The number of nitrogens with one attached hydrogen (secondary N) is 1. The Morgan fingerprint density at radius 3 is 2.56 bits per heavy atom. The quantitative estimate of drug-likeness (QED) is 0.836. The zero-order valence-corrected chi connectivity index (χ0v) is 10.3. The fraction of sp³-hybridized carbons (Fsp3) is 0. The van der Waals surface area contributed by atoms with Crippen LogP contribution in [0.4, 0.5) is 10.1 Å². The number of halogens is 2. The summed E-state index contributed by atoms with van der Waals surface area (Å²) in [5, 5.41) is 28.3. The number of carbonyl (C=O) groups is 1. The SMILES string of the molecule is N#CC(C#N)=CNc1ccc(Br)c(F)c1C(=O)O. The molecule has 0 aliphatic carbocycles. The maximum absolute atomic E-state index is 13.6. The number of rotatable bonds is 3. The number of aromatic carboxylic acids is 1. The lowest BCUT2D eigenvalue weighted by Gasteiger charge is -2.07. The fourth-order valence-electron chi connectivity index (χ4n) is 1.12. The summed E-state index contributed by atoms with van der Waals surface area (Å²) < 4.78 is 13.6. The van der Waals surface area contributed by atoms with Crippen molar-refractivity contribution >= 4 is 27.6 Å². The number of allylic oxidation sites excluding steroid dienone is 1. The average molecular weight is 310 g/mol. The van der Waals surface area contributed by atoms with E-state index in [-0.39, 0.29) is 15.7 Å². The molecule has 0 aliphatic heterocycles. The van der Waals surface area contributed by atoms with Gasteiger partial charge in [-0.1, -0.05) is 0 Å². The summed E-state index contributed by atoms with van der Waals surface area (Å²) in [7, 11) is 0. The van der Waals surface area contributed by atoms with Gasteiger partial charge in [0.2, 0.25) is 0 Å². The van der Waals surface area contributed by atoms with Gasteiger partial charge >= 0.3 is 5.97 Å². The Kier molecular flexibility index (Phi) is 4.41. The van der Waals surface area contributed by atoms with Crippen molar-refractivity contribution in [1.29, 1.82) is 10.5 Å². The minimum Gasteiger partial charge on any atom is -0.478 e. The highest BCUT2D eigenvalue weighted by Crippen LogP contribution is 2.26. The Bertz CT molecular complexity index is 598. The van der Waals surface area contributed by atoms with E-state index in [1.807, 2.05) is 0 Å². The molecule has 1 rings (SSSR count). The number of nitriles is 2. The minimum absolute atomic E-state index is 0.00946. The maximum Gasteiger partial charge on any atom is 0.340 e. The second kappa shape index (κ2) is 5.80. The molecule has 0 aromatic heterocycles. The lowest BCUT2D eigenvalue weighted by molar-refractivity contribution is 0.0693. The molecule has 0 fully saturated rings. The van der Waals surface area contributed by atoms with E-state index in [9.17, 15) is 9.18 Å². The van der Waals surface area contributed by atoms with E-state index in [4.69, 9.17) is 15.6 Å². The Labute approximate surface area is 110 Å². The van der Waals surface area contributed by atoms with Crippen LogP contribution in [0.15, 0.2) is 28.4 Å². The van der Waals surface area contributed by atoms with Crippen molar-refractivity contribution in [1.82, 2.24) is 0 Å². The first-order valence-corrected chi connectivity index (χ1v) is 5.28. The molecular weight excluding hydrogens is 305 g/mol. The van der Waals surface area contributed by atoms with Gasteiger partial charge in [-0.25, -0.2) is 9.18 Å². The van der Waals surface area contributed by atoms with Crippen LogP contribution in [0.1, 0.15) is 10.4 Å². The van der Waals surface area contributed by atoms with Crippen LogP contribution in [0.3, 0.4) is 0 Å². The Morgan fingerprint density at radius 2 is 2.06 bits per heavy atom. The van der Waals surface area contributed by atoms with E-state index in [1.165, 1.54) is 12.1 Å². The van der Waals surface area contributed by atoms with Crippen molar-refractivity contribution in [3.05, 3.63) is 39.8 Å². The van der Waals surface area contributed by atoms with Crippen molar-refractivity contribution in [2.75, 3.05) is 5.32 Å². The highest BCUT2D eigenvalue weighted by molar-refractivity contribution is 9.10.